The molecule has 4 aromatic heterocycles. The summed E-state index contributed by atoms with van der Waals surface area (Å²) in [5.41, 5.74) is 8.09. The molecule has 8 rings (SSSR count). The van der Waals surface area contributed by atoms with Crippen LogP contribution in [0.1, 0.15) is 0 Å². The largest absolute Gasteiger partial charge is 0.254 e. The van der Waals surface area contributed by atoms with Gasteiger partial charge in [-0.2, -0.15) is 0 Å². The standard InChI is InChI=1S/C34H19FN4/c35-26-13-11-24-17-25-18-28(27-4-2-16-37-34(27)33(25)39-30(24)19-26)20-5-7-21(8-6-20)29-14-12-23-10-9-22-3-1-15-36-31(22)32(23)38-29/h1-19H. The van der Waals surface area contributed by atoms with E-state index in [1.54, 1.807) is 12.3 Å². The first kappa shape index (κ1) is 21.8. The zero-order valence-corrected chi connectivity index (χ0v) is 20.6. The summed E-state index contributed by atoms with van der Waals surface area (Å²) in [5.74, 6) is -0.298. The number of benzene rings is 4. The molecule has 5 heteroatoms. The van der Waals surface area contributed by atoms with Crippen molar-refractivity contribution < 1.29 is 4.39 Å². The summed E-state index contributed by atoms with van der Waals surface area (Å²) >= 11 is 0. The van der Waals surface area contributed by atoms with E-state index in [2.05, 4.69) is 82.8 Å². The molecule has 0 radical (unpaired) electrons. The van der Waals surface area contributed by atoms with Crippen LogP contribution in [-0.4, -0.2) is 19.9 Å². The predicted molar refractivity (Wildman–Crippen MR) is 156 cm³/mol. The van der Waals surface area contributed by atoms with Gasteiger partial charge in [-0.3, -0.25) is 9.97 Å². The Morgan fingerprint density at radius 3 is 2.05 bits per heavy atom. The highest BCUT2D eigenvalue weighted by molar-refractivity contribution is 6.12. The van der Waals surface area contributed by atoms with E-state index < -0.39 is 0 Å². The summed E-state index contributed by atoms with van der Waals surface area (Å²) in [6.45, 7) is 0. The summed E-state index contributed by atoms with van der Waals surface area (Å²) < 4.78 is 13.9. The second kappa shape index (κ2) is 8.36. The Labute approximate surface area is 222 Å². The van der Waals surface area contributed by atoms with Gasteiger partial charge in [0.15, 0.2) is 0 Å². The first-order valence-corrected chi connectivity index (χ1v) is 12.7. The fraction of sp³-hybridized carbons (Fsp3) is 0. The fourth-order valence-electron chi connectivity index (χ4n) is 5.44. The Bertz CT molecular complexity index is 2240. The monoisotopic (exact) mass is 502 g/mol. The van der Waals surface area contributed by atoms with Crippen molar-refractivity contribution in [3.63, 3.8) is 0 Å². The number of aromatic nitrogens is 4. The van der Waals surface area contributed by atoms with Crippen LogP contribution in [0.2, 0.25) is 0 Å². The SMILES string of the molecule is Fc1ccc2cc3cc(-c4ccc(-c5ccc6ccc7cccnc7c6n5)cc4)c4cccnc4c3nc2c1. The molecule has 0 bridgehead atoms. The minimum absolute atomic E-state index is 0.298. The van der Waals surface area contributed by atoms with Crippen LogP contribution < -0.4 is 0 Å². The Morgan fingerprint density at radius 1 is 0.487 bits per heavy atom. The van der Waals surface area contributed by atoms with Crippen LogP contribution >= 0.6 is 0 Å². The van der Waals surface area contributed by atoms with E-state index >= 15 is 0 Å². The minimum atomic E-state index is -0.298. The van der Waals surface area contributed by atoms with Crippen LogP contribution in [0.25, 0.3) is 76.9 Å². The molecule has 4 aromatic carbocycles. The average Bonchev–Trinajstić information content (AvgIpc) is 2.99. The molecule has 0 aliphatic heterocycles. The lowest BCUT2D eigenvalue weighted by Gasteiger charge is -2.12. The molecular weight excluding hydrogens is 483 g/mol. The van der Waals surface area contributed by atoms with Gasteiger partial charge in [-0.15, -0.1) is 0 Å². The summed E-state index contributed by atoms with van der Waals surface area (Å²) in [6.07, 6.45) is 3.58. The van der Waals surface area contributed by atoms with Crippen LogP contribution in [0, 0.1) is 5.82 Å². The molecule has 4 nitrogen and oxygen atoms in total. The lowest BCUT2D eigenvalue weighted by molar-refractivity contribution is 0.629. The second-order valence-corrected chi connectivity index (χ2v) is 9.71. The summed E-state index contributed by atoms with van der Waals surface area (Å²) in [7, 11) is 0. The Kier molecular flexibility index (Phi) is 4.67. The highest BCUT2D eigenvalue weighted by atomic mass is 19.1. The number of pyridine rings is 4. The maximum atomic E-state index is 13.9. The van der Waals surface area contributed by atoms with E-state index in [1.807, 2.05) is 18.3 Å². The van der Waals surface area contributed by atoms with E-state index in [-0.39, 0.29) is 5.82 Å². The number of fused-ring (bicyclic) bond motifs is 7. The van der Waals surface area contributed by atoms with Crippen LogP contribution in [0.15, 0.2) is 116 Å². The molecule has 0 saturated heterocycles. The van der Waals surface area contributed by atoms with Crippen molar-refractivity contribution in [1.29, 1.82) is 0 Å². The van der Waals surface area contributed by atoms with Crippen molar-refractivity contribution in [3.05, 3.63) is 121 Å². The van der Waals surface area contributed by atoms with Crippen LogP contribution in [0.5, 0.6) is 0 Å². The van der Waals surface area contributed by atoms with Gasteiger partial charge in [-0.05, 0) is 53.6 Å². The van der Waals surface area contributed by atoms with Gasteiger partial charge in [0, 0.05) is 51.0 Å². The molecule has 39 heavy (non-hydrogen) atoms. The van der Waals surface area contributed by atoms with Gasteiger partial charge in [-0.25, -0.2) is 14.4 Å². The van der Waals surface area contributed by atoms with Gasteiger partial charge >= 0.3 is 0 Å². The zero-order valence-electron chi connectivity index (χ0n) is 20.6. The van der Waals surface area contributed by atoms with E-state index in [0.717, 1.165) is 71.4 Å². The molecule has 4 heterocycles. The summed E-state index contributed by atoms with van der Waals surface area (Å²) in [4.78, 5) is 19.0. The molecule has 0 spiro atoms. The maximum absolute atomic E-state index is 13.9. The van der Waals surface area contributed by atoms with Gasteiger partial charge in [0.1, 0.15) is 5.82 Å². The molecule has 0 amide bonds. The Balaban J connectivity index is 1.27. The van der Waals surface area contributed by atoms with Crippen LogP contribution in [0.3, 0.4) is 0 Å². The summed E-state index contributed by atoms with van der Waals surface area (Å²) in [5, 5.41) is 5.01. The number of halogens is 1. The van der Waals surface area contributed by atoms with Crippen molar-refractivity contribution in [1.82, 2.24) is 19.9 Å². The third-order valence-electron chi connectivity index (χ3n) is 7.36. The smallest absolute Gasteiger partial charge is 0.125 e. The number of hydrogen-bond acceptors (Lipinski definition) is 4. The molecule has 0 aliphatic carbocycles. The van der Waals surface area contributed by atoms with Gasteiger partial charge in [0.25, 0.3) is 0 Å². The molecule has 0 aliphatic rings. The van der Waals surface area contributed by atoms with Crippen molar-refractivity contribution >= 4 is 54.5 Å². The predicted octanol–water partition coefficient (Wildman–Crippen LogP) is 8.51. The first-order valence-electron chi connectivity index (χ1n) is 12.7. The van der Waals surface area contributed by atoms with Crippen molar-refractivity contribution in [2.75, 3.05) is 0 Å². The number of hydrogen-bond donors (Lipinski definition) is 0. The summed E-state index contributed by atoms with van der Waals surface area (Å²) in [6, 6.07) is 33.7. The molecular formula is C34H19FN4. The molecule has 0 unspecified atom stereocenters. The second-order valence-electron chi connectivity index (χ2n) is 9.71. The van der Waals surface area contributed by atoms with Crippen LogP contribution in [0.4, 0.5) is 4.39 Å². The maximum Gasteiger partial charge on any atom is 0.125 e. The third-order valence-corrected chi connectivity index (χ3v) is 7.36. The van der Waals surface area contributed by atoms with Crippen LogP contribution in [-0.2, 0) is 0 Å². The van der Waals surface area contributed by atoms with Crippen molar-refractivity contribution in [2.45, 2.75) is 0 Å². The molecule has 0 saturated carbocycles. The highest BCUT2D eigenvalue weighted by Gasteiger charge is 2.13. The van der Waals surface area contributed by atoms with Gasteiger partial charge < -0.3 is 0 Å². The normalized spacial score (nSPS) is 11.7. The Hall–Kier alpha value is -5.29. The molecule has 0 N–H and O–H groups in total. The van der Waals surface area contributed by atoms with Crippen molar-refractivity contribution in [3.8, 4) is 22.4 Å². The first-order chi connectivity index (χ1) is 19.2. The van der Waals surface area contributed by atoms with Gasteiger partial charge in [0.05, 0.1) is 33.3 Å². The minimum Gasteiger partial charge on any atom is -0.254 e. The molecule has 0 fully saturated rings. The van der Waals surface area contributed by atoms with E-state index in [9.17, 15) is 4.39 Å². The quantitative estimate of drug-likeness (QED) is 0.176. The topological polar surface area (TPSA) is 51.6 Å². The van der Waals surface area contributed by atoms with E-state index in [0.29, 0.717) is 5.52 Å². The lowest BCUT2D eigenvalue weighted by Crippen LogP contribution is -1.91. The Morgan fingerprint density at radius 2 is 1.18 bits per heavy atom. The van der Waals surface area contributed by atoms with Crippen molar-refractivity contribution in [2.24, 2.45) is 0 Å². The third kappa shape index (κ3) is 3.51. The van der Waals surface area contributed by atoms with Gasteiger partial charge in [-0.1, -0.05) is 54.6 Å². The molecule has 8 aromatic rings. The van der Waals surface area contributed by atoms with E-state index in [4.69, 9.17) is 9.97 Å². The lowest BCUT2D eigenvalue weighted by atomic mass is 9.96. The zero-order chi connectivity index (χ0) is 25.9. The fourth-order valence-corrected chi connectivity index (χ4v) is 5.44. The number of rotatable bonds is 2. The van der Waals surface area contributed by atoms with Gasteiger partial charge in [0.2, 0.25) is 0 Å². The molecule has 0 atom stereocenters. The average molecular weight is 503 g/mol. The number of nitrogens with zero attached hydrogens (tertiary/aromatic N) is 4. The highest BCUT2D eigenvalue weighted by Crippen LogP contribution is 2.35. The van der Waals surface area contributed by atoms with E-state index in [1.165, 1.54) is 12.1 Å². The molecule has 182 valence electrons.